The lowest BCUT2D eigenvalue weighted by molar-refractivity contribution is -0.114. The molecule has 2 aliphatic heterocycles. The van der Waals surface area contributed by atoms with E-state index < -0.39 is 10.0 Å². The van der Waals surface area contributed by atoms with Crippen molar-refractivity contribution < 1.29 is 17.9 Å². The predicted octanol–water partition coefficient (Wildman–Crippen LogP) is 6.45. The molecular formula is C37H33N5O4S2. The minimum absolute atomic E-state index is 0.179. The van der Waals surface area contributed by atoms with Crippen LogP contribution < -0.4 is 5.01 Å². The van der Waals surface area contributed by atoms with Gasteiger partial charge in [0.15, 0.2) is 0 Å². The Morgan fingerprint density at radius 3 is 2.25 bits per heavy atom. The molecule has 1 saturated heterocycles. The fourth-order valence-electron chi connectivity index (χ4n) is 5.57. The molecule has 11 heteroatoms. The molecule has 0 unspecified atom stereocenters. The van der Waals surface area contributed by atoms with Crippen LogP contribution in [0, 0.1) is 6.92 Å². The van der Waals surface area contributed by atoms with Crippen LogP contribution in [0.4, 0.5) is 5.69 Å². The number of rotatable bonds is 9. The molecule has 48 heavy (non-hydrogen) atoms. The summed E-state index contributed by atoms with van der Waals surface area (Å²) in [6.07, 6.45) is 3.69. The summed E-state index contributed by atoms with van der Waals surface area (Å²) in [5, 5.41) is 11.2. The first kappa shape index (κ1) is 31.8. The molecular weight excluding hydrogens is 643 g/mol. The number of hydrogen-bond donors (Lipinski definition) is 0. The smallest absolute Gasteiger partial charge is 0.280 e. The molecule has 0 atom stereocenters. The molecule has 9 nitrogen and oxygen atoms in total. The van der Waals surface area contributed by atoms with Crippen molar-refractivity contribution in [2.75, 3.05) is 37.1 Å². The maximum atomic E-state index is 14.1. The fourth-order valence-corrected chi connectivity index (χ4v) is 7.86. The van der Waals surface area contributed by atoms with E-state index in [2.05, 4.69) is 24.3 Å². The van der Waals surface area contributed by atoms with Gasteiger partial charge in [-0.25, -0.2) is 13.1 Å². The van der Waals surface area contributed by atoms with Gasteiger partial charge in [0.25, 0.3) is 5.91 Å². The lowest BCUT2D eigenvalue weighted by Crippen LogP contribution is -2.40. The van der Waals surface area contributed by atoms with Crippen LogP contribution >= 0.6 is 11.8 Å². The SMILES string of the molecule is Cc1ccc(SCC2=NN(c3ccccc3)C(=O)C2=Cc2cn(-c3ccccc3)nc2-c2cccc(S(=O)(=O)N3CCOCC3)c2)cc1. The maximum Gasteiger partial charge on any atom is 0.280 e. The van der Waals surface area contributed by atoms with Crippen molar-refractivity contribution in [3.8, 4) is 16.9 Å². The van der Waals surface area contributed by atoms with Gasteiger partial charge < -0.3 is 4.74 Å². The Morgan fingerprint density at radius 1 is 0.854 bits per heavy atom. The zero-order chi connectivity index (χ0) is 33.1. The molecule has 0 bridgehead atoms. The molecule has 3 heterocycles. The minimum Gasteiger partial charge on any atom is -0.379 e. The van der Waals surface area contributed by atoms with Crippen LogP contribution in [0.25, 0.3) is 23.0 Å². The summed E-state index contributed by atoms with van der Waals surface area (Å²) in [6, 6.07) is 34.1. The Balaban J connectivity index is 1.31. The number of benzene rings is 4. The number of ether oxygens (including phenoxy) is 1. The Bertz CT molecular complexity index is 2110. The summed E-state index contributed by atoms with van der Waals surface area (Å²) in [5.74, 6) is 0.224. The van der Waals surface area contributed by atoms with E-state index in [1.165, 1.54) is 14.9 Å². The van der Waals surface area contributed by atoms with Gasteiger partial charge >= 0.3 is 0 Å². The fraction of sp³-hybridized carbons (Fsp3) is 0.162. The molecule has 242 valence electrons. The second kappa shape index (κ2) is 13.7. The Labute approximate surface area is 284 Å². The molecule has 1 amide bonds. The van der Waals surface area contributed by atoms with E-state index in [9.17, 15) is 13.2 Å². The summed E-state index contributed by atoms with van der Waals surface area (Å²) in [5.41, 5.74) is 5.57. The van der Waals surface area contributed by atoms with Crippen molar-refractivity contribution in [3.63, 3.8) is 0 Å². The first-order valence-corrected chi connectivity index (χ1v) is 18.0. The quantitative estimate of drug-likeness (QED) is 0.132. The summed E-state index contributed by atoms with van der Waals surface area (Å²) in [7, 11) is -3.74. The largest absolute Gasteiger partial charge is 0.379 e. The van der Waals surface area contributed by atoms with Gasteiger partial charge in [-0.2, -0.15) is 19.5 Å². The molecule has 4 aromatic carbocycles. The molecule has 0 spiro atoms. The van der Waals surface area contributed by atoms with Gasteiger partial charge in [0, 0.05) is 41.1 Å². The number of aryl methyl sites for hydroxylation is 1. The van der Waals surface area contributed by atoms with Crippen molar-refractivity contribution >= 4 is 45.2 Å². The van der Waals surface area contributed by atoms with Crippen LogP contribution in [-0.2, 0) is 19.6 Å². The molecule has 1 aromatic heterocycles. The van der Waals surface area contributed by atoms with Crippen molar-refractivity contribution in [1.29, 1.82) is 0 Å². The van der Waals surface area contributed by atoms with E-state index in [1.54, 1.807) is 34.6 Å². The molecule has 1 fully saturated rings. The summed E-state index contributed by atoms with van der Waals surface area (Å²) >= 11 is 1.61. The number of carbonyl (C=O) groups excluding carboxylic acids is 1. The first-order valence-electron chi connectivity index (χ1n) is 15.6. The van der Waals surface area contributed by atoms with E-state index in [1.807, 2.05) is 85.9 Å². The van der Waals surface area contributed by atoms with E-state index in [4.69, 9.17) is 14.9 Å². The number of carbonyl (C=O) groups is 1. The third-order valence-corrected chi connectivity index (χ3v) is 11.0. The van der Waals surface area contributed by atoms with Crippen molar-refractivity contribution in [1.82, 2.24) is 14.1 Å². The van der Waals surface area contributed by atoms with Crippen molar-refractivity contribution in [2.45, 2.75) is 16.7 Å². The molecule has 0 aliphatic carbocycles. The van der Waals surface area contributed by atoms with Gasteiger partial charge in [0.2, 0.25) is 10.0 Å². The van der Waals surface area contributed by atoms with Gasteiger partial charge in [0.05, 0.1) is 40.8 Å². The third-order valence-electron chi connectivity index (χ3n) is 8.13. The molecule has 0 radical (unpaired) electrons. The van der Waals surface area contributed by atoms with Gasteiger partial charge in [-0.15, -0.1) is 11.8 Å². The lowest BCUT2D eigenvalue weighted by Gasteiger charge is -2.26. The van der Waals surface area contributed by atoms with E-state index >= 15 is 0 Å². The monoisotopic (exact) mass is 675 g/mol. The zero-order valence-corrected chi connectivity index (χ0v) is 27.9. The highest BCUT2D eigenvalue weighted by Gasteiger charge is 2.32. The Morgan fingerprint density at radius 2 is 1.54 bits per heavy atom. The lowest BCUT2D eigenvalue weighted by atomic mass is 10.0. The van der Waals surface area contributed by atoms with Gasteiger partial charge in [-0.3, -0.25) is 4.79 Å². The summed E-state index contributed by atoms with van der Waals surface area (Å²) in [6.45, 7) is 3.37. The number of morpholine rings is 1. The molecule has 2 aliphatic rings. The van der Waals surface area contributed by atoms with Crippen LogP contribution in [0.15, 0.2) is 136 Å². The molecule has 7 rings (SSSR count). The third kappa shape index (κ3) is 6.63. The Kier molecular flexibility index (Phi) is 9.09. The second-order valence-corrected chi connectivity index (χ2v) is 14.4. The van der Waals surface area contributed by atoms with Crippen LogP contribution in [0.5, 0.6) is 0 Å². The van der Waals surface area contributed by atoms with Crippen LogP contribution in [0.3, 0.4) is 0 Å². The first-order chi connectivity index (χ1) is 23.4. The number of thioether (sulfide) groups is 1. The normalized spacial score (nSPS) is 16.4. The minimum atomic E-state index is -3.74. The van der Waals surface area contributed by atoms with E-state index in [0.717, 1.165) is 10.6 Å². The van der Waals surface area contributed by atoms with Gasteiger partial charge in [-0.05, 0) is 61.5 Å². The zero-order valence-electron chi connectivity index (χ0n) is 26.3. The Hall–Kier alpha value is -4.81. The number of hydrogen-bond acceptors (Lipinski definition) is 7. The standard InChI is InChI=1S/C37H33N5O4S2/c1-27-15-17-32(18-16-27)47-26-35-34(37(43)42(38-35)31-12-6-3-7-13-31)24-29-25-41(30-10-4-2-5-11-30)39-36(29)28-9-8-14-33(23-28)48(44,45)40-19-21-46-22-20-40/h2-18,23-25H,19-22,26H2,1H3. The van der Waals surface area contributed by atoms with Crippen molar-refractivity contribution in [3.05, 3.63) is 132 Å². The van der Waals surface area contributed by atoms with E-state index in [0.29, 0.717) is 65.8 Å². The maximum absolute atomic E-state index is 14.1. The highest BCUT2D eigenvalue weighted by molar-refractivity contribution is 8.00. The van der Waals surface area contributed by atoms with Gasteiger partial charge in [-0.1, -0.05) is 66.2 Å². The van der Waals surface area contributed by atoms with E-state index in [-0.39, 0.29) is 10.8 Å². The average molecular weight is 676 g/mol. The highest BCUT2D eigenvalue weighted by Crippen LogP contribution is 2.33. The average Bonchev–Trinajstić information content (AvgIpc) is 3.70. The summed E-state index contributed by atoms with van der Waals surface area (Å²) < 4.78 is 35.8. The molecule has 0 saturated carbocycles. The topological polar surface area (TPSA) is 97.1 Å². The number of sulfonamides is 1. The second-order valence-electron chi connectivity index (χ2n) is 11.4. The number of aromatic nitrogens is 2. The molecule has 5 aromatic rings. The number of hydrazone groups is 1. The van der Waals surface area contributed by atoms with Crippen molar-refractivity contribution in [2.24, 2.45) is 5.10 Å². The van der Waals surface area contributed by atoms with Crippen LogP contribution in [0.2, 0.25) is 0 Å². The van der Waals surface area contributed by atoms with Crippen LogP contribution in [0.1, 0.15) is 11.1 Å². The van der Waals surface area contributed by atoms with Gasteiger partial charge in [0.1, 0.15) is 5.69 Å². The number of amides is 1. The number of anilines is 1. The molecule has 0 N–H and O–H groups in total. The predicted molar refractivity (Wildman–Crippen MR) is 190 cm³/mol. The van der Waals surface area contributed by atoms with Crippen LogP contribution in [-0.4, -0.2) is 66.2 Å². The highest BCUT2D eigenvalue weighted by atomic mass is 32.2. The number of nitrogens with zero attached hydrogens (tertiary/aromatic N) is 5. The summed E-state index contributed by atoms with van der Waals surface area (Å²) in [4.78, 5) is 15.3. The number of para-hydroxylation sites is 2.